The van der Waals surface area contributed by atoms with Crippen LogP contribution < -0.4 is 10.7 Å². The Kier molecular flexibility index (Phi) is 7.07. The van der Waals surface area contributed by atoms with Crippen molar-refractivity contribution in [3.05, 3.63) is 40.1 Å². The number of pyridine rings is 2. The second-order valence-corrected chi connectivity index (χ2v) is 11.7. The molecule has 1 saturated carbocycles. The summed E-state index contributed by atoms with van der Waals surface area (Å²) in [6.07, 6.45) is 9.65. The van der Waals surface area contributed by atoms with Gasteiger partial charge in [-0.05, 0) is 49.7 Å². The Morgan fingerprint density at radius 2 is 1.95 bits per heavy atom. The maximum atomic E-state index is 13.2. The number of likely N-dealkylation sites (N-methyl/N-ethyl adjacent to an activating group) is 1. The van der Waals surface area contributed by atoms with Crippen LogP contribution in [0.5, 0.6) is 0 Å². The normalized spacial score (nSPS) is 21.3. The van der Waals surface area contributed by atoms with Crippen LogP contribution in [0.25, 0.3) is 33.8 Å². The summed E-state index contributed by atoms with van der Waals surface area (Å²) in [5, 5.41) is 4.35. The van der Waals surface area contributed by atoms with Crippen LogP contribution in [-0.4, -0.2) is 67.1 Å². The van der Waals surface area contributed by atoms with E-state index in [-0.39, 0.29) is 17.8 Å². The SMILES string of the molecule is CC1CCC(Cn2c(N3CCC[C@H]3C(=O)N(C)C)nc3cc(-c4noc(=O)[nH]4)nc(-c4cncc(Cl)c4)c32)CC1. The third kappa shape index (κ3) is 4.98. The lowest BCUT2D eigenvalue weighted by atomic mass is 9.83. The van der Waals surface area contributed by atoms with E-state index in [1.807, 2.05) is 12.1 Å². The quantitative estimate of drug-likeness (QED) is 0.366. The van der Waals surface area contributed by atoms with Gasteiger partial charge in [0.05, 0.1) is 21.7 Å². The number of aromatic amines is 1. The summed E-state index contributed by atoms with van der Waals surface area (Å²) in [5.74, 6) is 1.59. The molecule has 0 spiro atoms. The van der Waals surface area contributed by atoms with E-state index in [2.05, 4.69) is 31.5 Å². The van der Waals surface area contributed by atoms with E-state index < -0.39 is 5.76 Å². The summed E-state index contributed by atoms with van der Waals surface area (Å²) < 4.78 is 7.01. The number of carbonyl (C=O) groups excluding carboxylic acids is 1. The predicted octanol–water partition coefficient (Wildman–Crippen LogP) is 4.37. The molecule has 0 unspecified atom stereocenters. The number of halogens is 1. The largest absolute Gasteiger partial charge is 0.439 e. The van der Waals surface area contributed by atoms with Crippen LogP contribution in [0.4, 0.5) is 5.95 Å². The highest BCUT2D eigenvalue weighted by molar-refractivity contribution is 6.30. The van der Waals surface area contributed by atoms with Gasteiger partial charge >= 0.3 is 5.76 Å². The molecule has 1 N–H and O–H groups in total. The number of hydrogen-bond donors (Lipinski definition) is 1. The fourth-order valence-corrected chi connectivity index (χ4v) is 6.25. The molecule has 1 aliphatic heterocycles. The Bertz CT molecular complexity index is 1600. The Hall–Kier alpha value is -3.73. The van der Waals surface area contributed by atoms with Crippen molar-refractivity contribution in [1.82, 2.24) is 34.6 Å². The van der Waals surface area contributed by atoms with E-state index in [9.17, 15) is 9.59 Å². The van der Waals surface area contributed by atoms with Gasteiger partial charge in [0.15, 0.2) is 0 Å². The molecule has 1 amide bonds. The second-order valence-electron chi connectivity index (χ2n) is 11.3. The molecule has 11 nitrogen and oxygen atoms in total. The van der Waals surface area contributed by atoms with Gasteiger partial charge in [0.2, 0.25) is 17.7 Å². The Balaban J connectivity index is 1.58. The van der Waals surface area contributed by atoms with Gasteiger partial charge in [-0.2, -0.15) is 0 Å². The number of carbonyl (C=O) groups is 1. The number of imidazole rings is 1. The summed E-state index contributed by atoms with van der Waals surface area (Å²) in [6.45, 7) is 3.82. The number of fused-ring (bicyclic) bond motifs is 1. The number of rotatable bonds is 6. The first-order chi connectivity index (χ1) is 19.3. The highest BCUT2D eigenvalue weighted by atomic mass is 35.5. The molecule has 0 bridgehead atoms. The van der Waals surface area contributed by atoms with Gasteiger partial charge in [-0.25, -0.2) is 14.8 Å². The van der Waals surface area contributed by atoms with Gasteiger partial charge in [0, 0.05) is 45.1 Å². The predicted molar refractivity (Wildman–Crippen MR) is 152 cm³/mol. The molecule has 12 heteroatoms. The van der Waals surface area contributed by atoms with Gasteiger partial charge in [-0.15, -0.1) is 0 Å². The lowest BCUT2D eigenvalue weighted by molar-refractivity contribution is -0.129. The number of H-pyrrole nitrogens is 1. The van der Waals surface area contributed by atoms with E-state index >= 15 is 0 Å². The molecule has 0 aromatic carbocycles. The minimum atomic E-state index is -0.664. The van der Waals surface area contributed by atoms with Crippen molar-refractivity contribution >= 4 is 34.5 Å². The molecular weight excluding hydrogens is 532 g/mol. The monoisotopic (exact) mass is 564 g/mol. The molecule has 4 aromatic heterocycles. The van der Waals surface area contributed by atoms with Crippen LogP contribution in [0, 0.1) is 11.8 Å². The fourth-order valence-electron chi connectivity index (χ4n) is 6.07. The van der Waals surface area contributed by atoms with Crippen molar-refractivity contribution in [3.63, 3.8) is 0 Å². The zero-order valence-corrected chi connectivity index (χ0v) is 23.7. The summed E-state index contributed by atoms with van der Waals surface area (Å²) in [5.41, 5.74) is 3.29. The van der Waals surface area contributed by atoms with E-state index in [4.69, 9.17) is 26.1 Å². The Morgan fingerprint density at radius 1 is 1.15 bits per heavy atom. The standard InChI is InChI=1S/C28H33ClN8O3/c1-16-6-8-17(9-7-16)15-37-24-20(32-27(37)36-10-4-5-22(36)26(38)35(2)3)12-21(25-33-28(39)40-34-25)31-23(24)18-11-19(29)14-30-13-18/h11-14,16-17,22H,4-10,15H2,1-3H3,(H,33,34,39)/t16?,17?,22-/m0/s1. The van der Waals surface area contributed by atoms with Gasteiger partial charge in [0.1, 0.15) is 11.7 Å². The Labute approximate surface area is 236 Å². The van der Waals surface area contributed by atoms with Crippen molar-refractivity contribution in [2.75, 3.05) is 25.5 Å². The molecule has 4 aromatic rings. The van der Waals surface area contributed by atoms with Crippen molar-refractivity contribution in [3.8, 4) is 22.8 Å². The van der Waals surface area contributed by atoms with Crippen molar-refractivity contribution in [1.29, 1.82) is 0 Å². The van der Waals surface area contributed by atoms with E-state index in [0.29, 0.717) is 27.8 Å². The van der Waals surface area contributed by atoms with Crippen molar-refractivity contribution < 1.29 is 9.32 Å². The molecule has 2 fully saturated rings. The number of amides is 1. The van der Waals surface area contributed by atoms with Gasteiger partial charge in [-0.3, -0.25) is 19.3 Å². The molecule has 210 valence electrons. The van der Waals surface area contributed by atoms with E-state index in [0.717, 1.165) is 61.7 Å². The first-order valence-corrected chi connectivity index (χ1v) is 14.2. The first-order valence-electron chi connectivity index (χ1n) is 13.8. The van der Waals surface area contributed by atoms with Gasteiger partial charge < -0.3 is 14.4 Å². The number of aromatic nitrogens is 6. The molecule has 40 heavy (non-hydrogen) atoms. The van der Waals surface area contributed by atoms with Crippen LogP contribution in [0.1, 0.15) is 45.4 Å². The number of nitrogens with zero attached hydrogens (tertiary/aromatic N) is 7. The fraction of sp³-hybridized carbons (Fsp3) is 0.500. The lowest BCUT2D eigenvalue weighted by Crippen LogP contribution is -2.44. The van der Waals surface area contributed by atoms with Gasteiger partial charge in [-0.1, -0.05) is 36.5 Å². The number of hydrogen-bond acceptors (Lipinski definition) is 8. The second kappa shape index (κ2) is 10.7. The topological polar surface area (TPSA) is 126 Å². The molecule has 2 aliphatic rings. The third-order valence-corrected chi connectivity index (χ3v) is 8.38. The molecular formula is C28H33ClN8O3. The van der Waals surface area contributed by atoms with Crippen LogP contribution in [-0.2, 0) is 11.3 Å². The number of anilines is 1. The van der Waals surface area contributed by atoms with Crippen LogP contribution in [0.3, 0.4) is 0 Å². The zero-order chi connectivity index (χ0) is 28.0. The average Bonchev–Trinajstić information content (AvgIpc) is 3.67. The van der Waals surface area contributed by atoms with Crippen LogP contribution in [0.2, 0.25) is 5.02 Å². The summed E-state index contributed by atoms with van der Waals surface area (Å²) in [6, 6.07) is 3.35. The van der Waals surface area contributed by atoms with E-state index in [1.165, 1.54) is 12.8 Å². The summed E-state index contributed by atoms with van der Waals surface area (Å²) in [4.78, 5) is 45.8. The molecule has 1 saturated heterocycles. The smallest absolute Gasteiger partial charge is 0.347 e. The van der Waals surface area contributed by atoms with Gasteiger partial charge in [0.25, 0.3) is 0 Å². The van der Waals surface area contributed by atoms with E-state index in [1.54, 1.807) is 31.4 Å². The molecule has 6 rings (SSSR count). The molecule has 0 radical (unpaired) electrons. The maximum Gasteiger partial charge on any atom is 0.439 e. The summed E-state index contributed by atoms with van der Waals surface area (Å²) >= 11 is 6.37. The molecule has 5 heterocycles. The lowest BCUT2D eigenvalue weighted by Gasteiger charge is -2.30. The minimum Gasteiger partial charge on any atom is -0.347 e. The number of nitrogens with one attached hydrogen (secondary N) is 1. The Morgan fingerprint density at radius 3 is 2.65 bits per heavy atom. The highest BCUT2D eigenvalue weighted by Gasteiger charge is 2.36. The summed E-state index contributed by atoms with van der Waals surface area (Å²) in [7, 11) is 3.59. The molecule has 1 aliphatic carbocycles. The first kappa shape index (κ1) is 26.5. The average molecular weight is 565 g/mol. The zero-order valence-electron chi connectivity index (χ0n) is 22.9. The highest BCUT2D eigenvalue weighted by Crippen LogP contribution is 2.38. The van der Waals surface area contributed by atoms with Crippen LogP contribution in [0.15, 0.2) is 33.8 Å². The van der Waals surface area contributed by atoms with Crippen molar-refractivity contribution in [2.24, 2.45) is 11.8 Å². The third-order valence-electron chi connectivity index (χ3n) is 8.18. The minimum absolute atomic E-state index is 0.0702. The molecule has 1 atom stereocenters. The van der Waals surface area contributed by atoms with Crippen LogP contribution >= 0.6 is 11.6 Å². The van der Waals surface area contributed by atoms with Crippen molar-refractivity contribution in [2.45, 2.75) is 58.0 Å². The maximum absolute atomic E-state index is 13.2.